The molecular formula is C9H15N3O3. The second kappa shape index (κ2) is 6.69. The van der Waals surface area contributed by atoms with E-state index in [2.05, 4.69) is 15.0 Å². The van der Waals surface area contributed by atoms with E-state index in [1.165, 1.54) is 11.0 Å². The number of azo groups is 1. The SMILES string of the molecule is CCOC(=O)N=N/C(C)=C/C(=O)N(C)C. The minimum atomic E-state index is -0.762. The van der Waals surface area contributed by atoms with Crippen molar-refractivity contribution in [1.29, 1.82) is 0 Å². The summed E-state index contributed by atoms with van der Waals surface area (Å²) in [6.07, 6.45) is 0.519. The van der Waals surface area contributed by atoms with Crippen molar-refractivity contribution in [3.63, 3.8) is 0 Å². The van der Waals surface area contributed by atoms with E-state index in [0.717, 1.165) is 0 Å². The zero-order valence-electron chi connectivity index (χ0n) is 9.35. The van der Waals surface area contributed by atoms with Crippen molar-refractivity contribution in [2.45, 2.75) is 13.8 Å². The zero-order valence-corrected chi connectivity index (χ0v) is 9.35. The first kappa shape index (κ1) is 13.3. The second-order valence-electron chi connectivity index (χ2n) is 2.92. The van der Waals surface area contributed by atoms with E-state index in [1.54, 1.807) is 27.9 Å². The Hall–Kier alpha value is -1.72. The largest absolute Gasteiger partial charge is 0.452 e. The molecule has 0 aliphatic rings. The van der Waals surface area contributed by atoms with Gasteiger partial charge < -0.3 is 9.64 Å². The highest BCUT2D eigenvalue weighted by Crippen LogP contribution is 1.98. The second-order valence-corrected chi connectivity index (χ2v) is 2.92. The van der Waals surface area contributed by atoms with Crippen LogP contribution in [-0.2, 0) is 9.53 Å². The summed E-state index contributed by atoms with van der Waals surface area (Å²) in [5, 5.41) is 6.78. The Morgan fingerprint density at radius 1 is 1.33 bits per heavy atom. The number of nitrogens with zero attached hydrogens (tertiary/aromatic N) is 3. The monoisotopic (exact) mass is 213 g/mol. The van der Waals surface area contributed by atoms with Crippen molar-refractivity contribution in [2.75, 3.05) is 20.7 Å². The molecular weight excluding hydrogens is 198 g/mol. The molecule has 0 spiro atoms. The van der Waals surface area contributed by atoms with Gasteiger partial charge in [0, 0.05) is 20.2 Å². The lowest BCUT2D eigenvalue weighted by Gasteiger charge is -2.05. The van der Waals surface area contributed by atoms with Gasteiger partial charge in [-0.3, -0.25) is 4.79 Å². The van der Waals surface area contributed by atoms with Crippen molar-refractivity contribution >= 4 is 12.0 Å². The average molecular weight is 213 g/mol. The molecule has 0 aromatic heterocycles. The highest BCUT2D eigenvalue weighted by atomic mass is 16.5. The molecule has 6 heteroatoms. The van der Waals surface area contributed by atoms with Gasteiger partial charge in [-0.25, -0.2) is 4.79 Å². The molecule has 84 valence electrons. The molecule has 0 aliphatic carbocycles. The van der Waals surface area contributed by atoms with Gasteiger partial charge in [0.2, 0.25) is 5.91 Å². The number of hydrogen-bond donors (Lipinski definition) is 0. The Balaban J connectivity index is 4.29. The molecule has 15 heavy (non-hydrogen) atoms. The molecule has 0 bridgehead atoms. The molecule has 0 saturated heterocycles. The number of carbonyl (C=O) groups is 2. The number of likely N-dealkylation sites (N-methyl/N-ethyl adjacent to an activating group) is 1. The van der Waals surface area contributed by atoms with Crippen molar-refractivity contribution in [1.82, 2.24) is 4.90 Å². The lowest BCUT2D eigenvalue weighted by atomic mass is 10.4. The van der Waals surface area contributed by atoms with Gasteiger partial charge in [-0.1, -0.05) is 5.11 Å². The number of ether oxygens (including phenoxy) is 1. The predicted molar refractivity (Wildman–Crippen MR) is 54.3 cm³/mol. The van der Waals surface area contributed by atoms with Crippen molar-refractivity contribution in [3.05, 3.63) is 11.8 Å². The fraction of sp³-hybridized carbons (Fsp3) is 0.556. The molecule has 0 aromatic rings. The van der Waals surface area contributed by atoms with E-state index in [0.29, 0.717) is 5.70 Å². The van der Waals surface area contributed by atoms with Gasteiger partial charge in [0.25, 0.3) is 0 Å². The van der Waals surface area contributed by atoms with Crippen LogP contribution in [0.1, 0.15) is 13.8 Å². The maximum atomic E-state index is 11.2. The van der Waals surface area contributed by atoms with E-state index < -0.39 is 6.09 Å². The summed E-state index contributed by atoms with van der Waals surface area (Å²) in [5.41, 5.74) is 0.349. The van der Waals surface area contributed by atoms with Gasteiger partial charge in [-0.05, 0) is 13.8 Å². The quantitative estimate of drug-likeness (QED) is 0.528. The van der Waals surface area contributed by atoms with Crippen LogP contribution in [0.5, 0.6) is 0 Å². The minimum Gasteiger partial charge on any atom is -0.447 e. The number of hydrogen-bond acceptors (Lipinski definition) is 4. The first-order valence-corrected chi connectivity index (χ1v) is 4.45. The topological polar surface area (TPSA) is 71.3 Å². The molecule has 0 saturated carbocycles. The maximum Gasteiger partial charge on any atom is 0.452 e. The smallest absolute Gasteiger partial charge is 0.447 e. The number of rotatable bonds is 3. The molecule has 0 unspecified atom stereocenters. The third-order valence-electron chi connectivity index (χ3n) is 1.33. The number of amides is 2. The predicted octanol–water partition coefficient (Wildman–Crippen LogP) is 1.59. The maximum absolute atomic E-state index is 11.2. The molecule has 0 atom stereocenters. The van der Waals surface area contributed by atoms with E-state index in [-0.39, 0.29) is 12.5 Å². The molecule has 0 heterocycles. The molecule has 0 rings (SSSR count). The first-order chi connectivity index (χ1) is 6.97. The third-order valence-corrected chi connectivity index (χ3v) is 1.33. The number of carbonyl (C=O) groups excluding carboxylic acids is 2. The first-order valence-electron chi connectivity index (χ1n) is 4.45. The van der Waals surface area contributed by atoms with Crippen LogP contribution in [-0.4, -0.2) is 37.6 Å². The Kier molecular flexibility index (Phi) is 5.92. The van der Waals surface area contributed by atoms with Crippen molar-refractivity contribution in [2.24, 2.45) is 10.2 Å². The fourth-order valence-corrected chi connectivity index (χ4v) is 0.609. The van der Waals surface area contributed by atoms with E-state index in [9.17, 15) is 9.59 Å². The lowest BCUT2D eigenvalue weighted by molar-refractivity contribution is -0.123. The standard InChI is InChI=1S/C9H15N3O3/c1-5-15-9(14)11-10-7(2)6-8(13)12(3)4/h6H,5H2,1-4H3/b7-6+,11-10?. The van der Waals surface area contributed by atoms with Crippen LogP contribution in [0.2, 0.25) is 0 Å². The van der Waals surface area contributed by atoms with E-state index in [4.69, 9.17) is 0 Å². The van der Waals surface area contributed by atoms with Crippen molar-refractivity contribution < 1.29 is 14.3 Å². The van der Waals surface area contributed by atoms with E-state index >= 15 is 0 Å². The van der Waals surface area contributed by atoms with Crippen LogP contribution in [0, 0.1) is 0 Å². The van der Waals surface area contributed by atoms with Gasteiger partial charge >= 0.3 is 6.09 Å². The van der Waals surface area contributed by atoms with Crippen molar-refractivity contribution in [3.8, 4) is 0 Å². The van der Waals surface area contributed by atoms with Crippen LogP contribution in [0.3, 0.4) is 0 Å². The summed E-state index contributed by atoms with van der Waals surface area (Å²) in [7, 11) is 3.24. The summed E-state index contributed by atoms with van der Waals surface area (Å²) in [6.45, 7) is 3.49. The van der Waals surface area contributed by atoms with Gasteiger partial charge in [-0.15, -0.1) is 5.11 Å². The minimum absolute atomic E-state index is 0.213. The normalized spacial score (nSPS) is 11.6. The van der Waals surface area contributed by atoms with Gasteiger partial charge in [0.1, 0.15) is 0 Å². The lowest BCUT2D eigenvalue weighted by Crippen LogP contribution is -2.19. The van der Waals surface area contributed by atoms with Crippen LogP contribution >= 0.6 is 0 Å². The number of allylic oxidation sites excluding steroid dienone is 1. The van der Waals surface area contributed by atoms with Gasteiger partial charge in [-0.2, -0.15) is 0 Å². The molecule has 0 fully saturated rings. The van der Waals surface area contributed by atoms with E-state index in [1.807, 2.05) is 0 Å². The highest BCUT2D eigenvalue weighted by molar-refractivity contribution is 5.87. The summed E-state index contributed by atoms with van der Waals surface area (Å²) < 4.78 is 4.52. The molecule has 0 radical (unpaired) electrons. The fourth-order valence-electron chi connectivity index (χ4n) is 0.609. The summed E-state index contributed by atoms with van der Waals surface area (Å²) >= 11 is 0. The van der Waals surface area contributed by atoms with Crippen LogP contribution in [0.15, 0.2) is 22.0 Å². The Morgan fingerprint density at radius 2 is 1.93 bits per heavy atom. The Morgan fingerprint density at radius 3 is 2.40 bits per heavy atom. The van der Waals surface area contributed by atoms with Gasteiger partial charge in [0.15, 0.2) is 0 Å². The Bertz CT molecular complexity index is 295. The zero-order chi connectivity index (χ0) is 11.8. The molecule has 2 amide bonds. The third kappa shape index (κ3) is 6.36. The van der Waals surface area contributed by atoms with Crippen LogP contribution in [0.25, 0.3) is 0 Å². The highest BCUT2D eigenvalue weighted by Gasteiger charge is 2.00. The molecule has 0 N–H and O–H groups in total. The Labute approximate surface area is 88.6 Å². The summed E-state index contributed by atoms with van der Waals surface area (Å²) in [4.78, 5) is 23.3. The molecule has 0 aromatic carbocycles. The van der Waals surface area contributed by atoms with Crippen LogP contribution < -0.4 is 0 Å². The van der Waals surface area contributed by atoms with Gasteiger partial charge in [0.05, 0.1) is 12.3 Å². The summed E-state index contributed by atoms with van der Waals surface area (Å²) in [5.74, 6) is -0.213. The average Bonchev–Trinajstić information content (AvgIpc) is 2.15. The summed E-state index contributed by atoms with van der Waals surface area (Å²) in [6, 6.07) is 0. The molecule has 6 nitrogen and oxygen atoms in total. The molecule has 0 aliphatic heterocycles. The van der Waals surface area contributed by atoms with Crippen LogP contribution in [0.4, 0.5) is 4.79 Å².